The smallest absolute Gasteiger partial charge is 0.231 e. The Morgan fingerprint density at radius 3 is 3.07 bits per heavy atom. The number of aromatic nitrogens is 3. The monoisotopic (exact) mass is 197 g/mol. The zero-order chi connectivity index (χ0) is 10.4. The zero-order valence-electron chi connectivity index (χ0n) is 8.23. The third-order valence-electron chi connectivity index (χ3n) is 1.77. The molecule has 3 N–H and O–H groups in total. The predicted octanol–water partition coefficient (Wildman–Crippen LogP) is -1.08. The first kappa shape index (κ1) is 10.6. The molecule has 0 saturated carbocycles. The summed E-state index contributed by atoms with van der Waals surface area (Å²) in [5.41, 5.74) is 5.93. The Hall–Kier alpha value is -1.43. The molecule has 0 aliphatic heterocycles. The fourth-order valence-electron chi connectivity index (χ4n) is 1.02. The first-order chi connectivity index (χ1) is 6.72. The van der Waals surface area contributed by atoms with Crippen LogP contribution in [0.2, 0.25) is 0 Å². The normalized spacial score (nSPS) is 10.4. The second kappa shape index (κ2) is 5.33. The molecule has 0 fully saturated rings. The summed E-state index contributed by atoms with van der Waals surface area (Å²) < 4.78 is 1.74. The molecule has 6 nitrogen and oxygen atoms in total. The standard InChI is InChI=1S/C8H15N5O/c1-2-7-6-13(12-11-7)4-3-10-5-8(9)14/h6,10H,2-5H2,1H3,(H2,9,14). The Kier molecular flexibility index (Phi) is 4.06. The van der Waals surface area contributed by atoms with Crippen molar-refractivity contribution < 1.29 is 4.79 Å². The van der Waals surface area contributed by atoms with E-state index in [-0.39, 0.29) is 12.5 Å². The number of aryl methyl sites for hydroxylation is 1. The molecule has 0 bridgehead atoms. The minimum absolute atomic E-state index is 0.204. The molecule has 0 unspecified atom stereocenters. The average molecular weight is 197 g/mol. The van der Waals surface area contributed by atoms with E-state index in [2.05, 4.69) is 15.6 Å². The second-order valence-corrected chi connectivity index (χ2v) is 2.97. The van der Waals surface area contributed by atoms with E-state index in [1.54, 1.807) is 4.68 Å². The van der Waals surface area contributed by atoms with Crippen molar-refractivity contribution in [3.8, 4) is 0 Å². The van der Waals surface area contributed by atoms with Crippen LogP contribution >= 0.6 is 0 Å². The van der Waals surface area contributed by atoms with E-state index in [0.717, 1.165) is 12.1 Å². The van der Waals surface area contributed by atoms with E-state index in [9.17, 15) is 4.79 Å². The van der Waals surface area contributed by atoms with E-state index in [4.69, 9.17) is 5.73 Å². The van der Waals surface area contributed by atoms with Crippen LogP contribution in [0, 0.1) is 0 Å². The minimum atomic E-state index is -0.349. The van der Waals surface area contributed by atoms with Gasteiger partial charge in [0.1, 0.15) is 0 Å². The molecule has 0 aliphatic carbocycles. The van der Waals surface area contributed by atoms with Crippen LogP contribution in [0.1, 0.15) is 12.6 Å². The number of nitrogens with one attached hydrogen (secondary N) is 1. The summed E-state index contributed by atoms with van der Waals surface area (Å²) in [5, 5.41) is 10.8. The summed E-state index contributed by atoms with van der Waals surface area (Å²) in [5.74, 6) is -0.349. The third-order valence-corrected chi connectivity index (χ3v) is 1.77. The van der Waals surface area contributed by atoms with E-state index < -0.39 is 0 Å². The molecule has 14 heavy (non-hydrogen) atoms. The Morgan fingerprint density at radius 2 is 2.50 bits per heavy atom. The third kappa shape index (κ3) is 3.53. The van der Waals surface area contributed by atoms with E-state index >= 15 is 0 Å². The summed E-state index contributed by atoms with van der Waals surface area (Å²) in [4.78, 5) is 10.4. The number of carbonyl (C=O) groups is 1. The lowest BCUT2D eigenvalue weighted by Gasteiger charge is -2.00. The van der Waals surface area contributed by atoms with Crippen molar-refractivity contribution in [2.75, 3.05) is 13.1 Å². The highest BCUT2D eigenvalue weighted by molar-refractivity contribution is 5.75. The van der Waals surface area contributed by atoms with Crippen LogP contribution in [0.5, 0.6) is 0 Å². The molecule has 1 aromatic rings. The Bertz CT molecular complexity index is 296. The van der Waals surface area contributed by atoms with Crippen LogP contribution in [0.4, 0.5) is 0 Å². The van der Waals surface area contributed by atoms with Gasteiger partial charge in [-0.3, -0.25) is 9.48 Å². The summed E-state index contributed by atoms with van der Waals surface area (Å²) in [6.07, 6.45) is 2.78. The summed E-state index contributed by atoms with van der Waals surface area (Å²) >= 11 is 0. The molecular weight excluding hydrogens is 182 g/mol. The molecule has 1 aromatic heterocycles. The Morgan fingerprint density at radius 1 is 1.71 bits per heavy atom. The first-order valence-corrected chi connectivity index (χ1v) is 4.60. The van der Waals surface area contributed by atoms with Gasteiger partial charge in [0.05, 0.1) is 18.8 Å². The molecule has 6 heteroatoms. The van der Waals surface area contributed by atoms with E-state index in [1.807, 2.05) is 13.1 Å². The van der Waals surface area contributed by atoms with Crippen LogP contribution in [0.3, 0.4) is 0 Å². The highest BCUT2D eigenvalue weighted by Crippen LogP contribution is 1.92. The molecule has 0 spiro atoms. The zero-order valence-corrected chi connectivity index (χ0v) is 8.23. The maximum atomic E-state index is 10.4. The number of carbonyl (C=O) groups excluding carboxylic acids is 1. The lowest BCUT2D eigenvalue weighted by atomic mass is 10.4. The summed E-state index contributed by atoms with van der Waals surface area (Å²) in [6, 6.07) is 0. The predicted molar refractivity (Wildman–Crippen MR) is 51.5 cm³/mol. The fraction of sp³-hybridized carbons (Fsp3) is 0.625. The summed E-state index contributed by atoms with van der Waals surface area (Å²) in [7, 11) is 0. The van der Waals surface area contributed by atoms with Crippen LogP contribution in [0.15, 0.2) is 6.20 Å². The molecule has 0 aromatic carbocycles. The van der Waals surface area contributed by atoms with Crippen molar-refractivity contribution in [2.45, 2.75) is 19.9 Å². The van der Waals surface area contributed by atoms with Gasteiger partial charge >= 0.3 is 0 Å². The molecule has 1 amide bonds. The molecule has 78 valence electrons. The van der Waals surface area contributed by atoms with E-state index in [0.29, 0.717) is 13.1 Å². The number of amides is 1. The van der Waals surface area contributed by atoms with Gasteiger partial charge in [0.25, 0.3) is 0 Å². The summed E-state index contributed by atoms with van der Waals surface area (Å²) in [6.45, 7) is 3.59. The lowest BCUT2D eigenvalue weighted by molar-refractivity contribution is -0.117. The number of hydrogen-bond acceptors (Lipinski definition) is 4. The maximum Gasteiger partial charge on any atom is 0.231 e. The van der Waals surface area contributed by atoms with Crippen molar-refractivity contribution in [2.24, 2.45) is 5.73 Å². The molecule has 0 radical (unpaired) electrons. The van der Waals surface area contributed by atoms with E-state index in [1.165, 1.54) is 0 Å². The molecule has 0 aliphatic rings. The number of hydrogen-bond donors (Lipinski definition) is 2. The van der Waals surface area contributed by atoms with Crippen LogP contribution < -0.4 is 11.1 Å². The molecule has 1 rings (SSSR count). The average Bonchev–Trinajstić information content (AvgIpc) is 2.60. The van der Waals surface area contributed by atoms with Gasteiger partial charge in [-0.2, -0.15) is 0 Å². The van der Waals surface area contributed by atoms with Crippen LogP contribution in [-0.2, 0) is 17.8 Å². The van der Waals surface area contributed by atoms with Crippen molar-refractivity contribution in [3.05, 3.63) is 11.9 Å². The van der Waals surface area contributed by atoms with Crippen molar-refractivity contribution in [3.63, 3.8) is 0 Å². The maximum absolute atomic E-state index is 10.4. The number of rotatable bonds is 6. The highest BCUT2D eigenvalue weighted by Gasteiger charge is 1.97. The number of nitrogens with zero attached hydrogens (tertiary/aromatic N) is 3. The Labute approximate surface area is 82.5 Å². The fourth-order valence-corrected chi connectivity index (χ4v) is 1.02. The number of nitrogens with two attached hydrogens (primary N) is 1. The van der Waals surface area contributed by atoms with Crippen molar-refractivity contribution in [1.82, 2.24) is 20.3 Å². The quantitative estimate of drug-likeness (QED) is 0.568. The molecule has 0 atom stereocenters. The van der Waals surface area contributed by atoms with Gasteiger partial charge in [0, 0.05) is 12.7 Å². The van der Waals surface area contributed by atoms with Gasteiger partial charge in [-0.1, -0.05) is 12.1 Å². The van der Waals surface area contributed by atoms with Gasteiger partial charge in [-0.15, -0.1) is 5.10 Å². The Balaban J connectivity index is 2.21. The second-order valence-electron chi connectivity index (χ2n) is 2.97. The van der Waals surface area contributed by atoms with Gasteiger partial charge < -0.3 is 11.1 Å². The van der Waals surface area contributed by atoms with Gasteiger partial charge in [0.2, 0.25) is 5.91 Å². The molecule has 0 saturated heterocycles. The van der Waals surface area contributed by atoms with Crippen molar-refractivity contribution >= 4 is 5.91 Å². The van der Waals surface area contributed by atoms with Gasteiger partial charge in [-0.05, 0) is 6.42 Å². The molecular formula is C8H15N5O. The van der Waals surface area contributed by atoms with Crippen LogP contribution in [0.25, 0.3) is 0 Å². The lowest BCUT2D eigenvalue weighted by Crippen LogP contribution is -2.30. The van der Waals surface area contributed by atoms with Gasteiger partial charge in [0.15, 0.2) is 0 Å². The van der Waals surface area contributed by atoms with Gasteiger partial charge in [-0.25, -0.2) is 0 Å². The number of primary amides is 1. The minimum Gasteiger partial charge on any atom is -0.369 e. The highest BCUT2D eigenvalue weighted by atomic mass is 16.1. The van der Waals surface area contributed by atoms with Crippen molar-refractivity contribution in [1.29, 1.82) is 0 Å². The first-order valence-electron chi connectivity index (χ1n) is 4.60. The SMILES string of the molecule is CCc1cn(CCNCC(N)=O)nn1. The van der Waals surface area contributed by atoms with Crippen LogP contribution in [-0.4, -0.2) is 34.0 Å². The topological polar surface area (TPSA) is 85.8 Å². The molecule has 1 heterocycles. The largest absolute Gasteiger partial charge is 0.369 e.